The molecule has 27 heavy (non-hydrogen) atoms. The van der Waals surface area contributed by atoms with Gasteiger partial charge in [-0.25, -0.2) is 4.98 Å². The third-order valence-electron chi connectivity index (χ3n) is 4.21. The van der Waals surface area contributed by atoms with E-state index < -0.39 is 0 Å². The first-order chi connectivity index (χ1) is 13.1. The van der Waals surface area contributed by atoms with Crippen molar-refractivity contribution in [3.05, 3.63) is 59.6 Å². The zero-order valence-electron chi connectivity index (χ0n) is 15.7. The molecule has 2 N–H and O–H groups in total. The quantitative estimate of drug-likeness (QED) is 0.544. The number of halogens is 1. The fourth-order valence-corrected chi connectivity index (χ4v) is 2.74. The Hall–Kier alpha value is -2.79. The van der Waals surface area contributed by atoms with Gasteiger partial charge in [0.1, 0.15) is 11.6 Å². The standard InChI is InChI=1S/C21H23ClN4O/c1-4-14(2)23-21-25-17(15-8-6-5-7-9-15)13-20(26-21)24-18-12-16(22)10-11-19(18)27-3/h5-14H,4H2,1-3H3,(H2,23,24,25,26)/t14-/m1/s1. The second-order valence-corrected chi connectivity index (χ2v) is 6.69. The van der Waals surface area contributed by atoms with E-state index in [9.17, 15) is 0 Å². The van der Waals surface area contributed by atoms with E-state index in [-0.39, 0.29) is 6.04 Å². The van der Waals surface area contributed by atoms with Crippen LogP contribution in [0.25, 0.3) is 11.3 Å². The molecule has 0 aliphatic heterocycles. The smallest absolute Gasteiger partial charge is 0.225 e. The third-order valence-corrected chi connectivity index (χ3v) is 4.44. The van der Waals surface area contributed by atoms with Gasteiger partial charge in [0.15, 0.2) is 0 Å². The number of anilines is 3. The van der Waals surface area contributed by atoms with Crippen molar-refractivity contribution in [1.29, 1.82) is 0 Å². The highest BCUT2D eigenvalue weighted by atomic mass is 35.5. The molecule has 3 aromatic rings. The second-order valence-electron chi connectivity index (χ2n) is 6.25. The molecule has 0 aliphatic rings. The van der Waals surface area contributed by atoms with Crippen LogP contribution in [0.2, 0.25) is 5.02 Å². The lowest BCUT2D eigenvalue weighted by molar-refractivity contribution is 0.417. The van der Waals surface area contributed by atoms with Crippen molar-refractivity contribution in [3.63, 3.8) is 0 Å². The molecule has 6 heteroatoms. The minimum Gasteiger partial charge on any atom is -0.495 e. The molecule has 0 bridgehead atoms. The number of methoxy groups -OCH3 is 1. The van der Waals surface area contributed by atoms with E-state index in [2.05, 4.69) is 34.4 Å². The summed E-state index contributed by atoms with van der Waals surface area (Å²) < 4.78 is 5.42. The van der Waals surface area contributed by atoms with Gasteiger partial charge >= 0.3 is 0 Å². The summed E-state index contributed by atoms with van der Waals surface area (Å²) in [6.45, 7) is 4.22. The minimum atomic E-state index is 0.268. The van der Waals surface area contributed by atoms with Crippen LogP contribution in [0, 0.1) is 0 Å². The molecule has 1 aromatic heterocycles. The van der Waals surface area contributed by atoms with Gasteiger partial charge in [0.25, 0.3) is 0 Å². The van der Waals surface area contributed by atoms with Crippen LogP contribution in [-0.2, 0) is 0 Å². The molecule has 3 rings (SSSR count). The molecule has 0 saturated carbocycles. The molecule has 0 saturated heterocycles. The highest BCUT2D eigenvalue weighted by Crippen LogP contribution is 2.31. The van der Waals surface area contributed by atoms with Crippen molar-refractivity contribution >= 4 is 29.1 Å². The number of hydrogen-bond acceptors (Lipinski definition) is 5. The molecule has 0 aliphatic carbocycles. The van der Waals surface area contributed by atoms with Crippen molar-refractivity contribution in [3.8, 4) is 17.0 Å². The van der Waals surface area contributed by atoms with Gasteiger partial charge in [-0.2, -0.15) is 4.98 Å². The fraction of sp³-hybridized carbons (Fsp3) is 0.238. The first-order valence-corrected chi connectivity index (χ1v) is 9.28. The first kappa shape index (κ1) is 19.0. The Morgan fingerprint density at radius 3 is 2.56 bits per heavy atom. The molecule has 0 amide bonds. The summed E-state index contributed by atoms with van der Waals surface area (Å²) in [6.07, 6.45) is 0.976. The van der Waals surface area contributed by atoms with Gasteiger partial charge in [0, 0.05) is 22.7 Å². The average molecular weight is 383 g/mol. The van der Waals surface area contributed by atoms with E-state index >= 15 is 0 Å². The van der Waals surface area contributed by atoms with Gasteiger partial charge in [0.2, 0.25) is 5.95 Å². The minimum absolute atomic E-state index is 0.268. The Kier molecular flexibility index (Phi) is 6.14. The number of rotatable bonds is 7. The lowest BCUT2D eigenvalue weighted by Gasteiger charge is -2.16. The Morgan fingerprint density at radius 1 is 1.07 bits per heavy atom. The summed E-state index contributed by atoms with van der Waals surface area (Å²) in [6, 6.07) is 17.6. The van der Waals surface area contributed by atoms with Crippen molar-refractivity contribution < 1.29 is 4.74 Å². The highest BCUT2D eigenvalue weighted by Gasteiger charge is 2.11. The number of nitrogens with one attached hydrogen (secondary N) is 2. The maximum absolute atomic E-state index is 6.15. The van der Waals surface area contributed by atoms with E-state index in [1.807, 2.05) is 48.5 Å². The summed E-state index contributed by atoms with van der Waals surface area (Å²) >= 11 is 6.15. The van der Waals surface area contributed by atoms with Gasteiger partial charge < -0.3 is 15.4 Å². The van der Waals surface area contributed by atoms with Crippen molar-refractivity contribution in [1.82, 2.24) is 9.97 Å². The Bertz CT molecular complexity index is 902. The number of aromatic nitrogens is 2. The molecule has 1 atom stereocenters. The van der Waals surface area contributed by atoms with Gasteiger partial charge in [-0.05, 0) is 31.5 Å². The Balaban J connectivity index is 2.01. The molecule has 1 heterocycles. The van der Waals surface area contributed by atoms with Gasteiger partial charge in [0.05, 0.1) is 18.5 Å². The van der Waals surface area contributed by atoms with E-state index in [0.717, 1.165) is 23.4 Å². The number of benzene rings is 2. The topological polar surface area (TPSA) is 59.1 Å². The summed E-state index contributed by atoms with van der Waals surface area (Å²) in [4.78, 5) is 9.29. The monoisotopic (exact) mass is 382 g/mol. The maximum Gasteiger partial charge on any atom is 0.225 e. The molecular formula is C21H23ClN4O. The fourth-order valence-electron chi connectivity index (χ4n) is 2.57. The van der Waals surface area contributed by atoms with Crippen LogP contribution in [0.5, 0.6) is 5.75 Å². The lowest BCUT2D eigenvalue weighted by atomic mass is 10.1. The highest BCUT2D eigenvalue weighted by molar-refractivity contribution is 6.31. The number of nitrogens with zero attached hydrogens (tertiary/aromatic N) is 2. The zero-order chi connectivity index (χ0) is 19.2. The van der Waals surface area contributed by atoms with Gasteiger partial charge in [-0.1, -0.05) is 48.9 Å². The predicted octanol–water partition coefficient (Wildman–Crippen LogP) is 5.76. The van der Waals surface area contributed by atoms with Crippen molar-refractivity contribution in [2.24, 2.45) is 0 Å². The molecule has 140 valence electrons. The predicted molar refractivity (Wildman–Crippen MR) is 112 cm³/mol. The SMILES string of the molecule is CC[C@@H](C)Nc1nc(Nc2cc(Cl)ccc2OC)cc(-c2ccccc2)n1. The van der Waals surface area contributed by atoms with E-state index in [0.29, 0.717) is 22.5 Å². The summed E-state index contributed by atoms with van der Waals surface area (Å²) in [7, 11) is 1.62. The van der Waals surface area contributed by atoms with Crippen LogP contribution in [0.1, 0.15) is 20.3 Å². The normalized spacial score (nSPS) is 11.7. The van der Waals surface area contributed by atoms with Gasteiger partial charge in [-0.15, -0.1) is 0 Å². The van der Waals surface area contributed by atoms with E-state index in [4.69, 9.17) is 16.3 Å². The maximum atomic E-state index is 6.15. The summed E-state index contributed by atoms with van der Waals surface area (Å²) in [5.74, 6) is 1.93. The van der Waals surface area contributed by atoms with Crippen molar-refractivity contribution in [2.45, 2.75) is 26.3 Å². The van der Waals surface area contributed by atoms with Crippen LogP contribution in [0.3, 0.4) is 0 Å². The lowest BCUT2D eigenvalue weighted by Crippen LogP contribution is -2.16. The molecule has 0 spiro atoms. The van der Waals surface area contributed by atoms with Gasteiger partial charge in [-0.3, -0.25) is 0 Å². The molecular weight excluding hydrogens is 360 g/mol. The van der Waals surface area contributed by atoms with Crippen LogP contribution < -0.4 is 15.4 Å². The van der Waals surface area contributed by atoms with E-state index in [1.54, 1.807) is 13.2 Å². The number of ether oxygens (including phenoxy) is 1. The Labute approximate surface area is 164 Å². The first-order valence-electron chi connectivity index (χ1n) is 8.90. The van der Waals surface area contributed by atoms with Crippen LogP contribution >= 0.6 is 11.6 Å². The van der Waals surface area contributed by atoms with E-state index in [1.165, 1.54) is 0 Å². The summed E-state index contributed by atoms with van der Waals surface area (Å²) in [5.41, 5.74) is 2.60. The molecule has 0 unspecified atom stereocenters. The Morgan fingerprint density at radius 2 is 1.85 bits per heavy atom. The zero-order valence-corrected chi connectivity index (χ0v) is 16.4. The third kappa shape index (κ3) is 4.89. The second kappa shape index (κ2) is 8.73. The van der Waals surface area contributed by atoms with Crippen LogP contribution in [0.15, 0.2) is 54.6 Å². The van der Waals surface area contributed by atoms with Crippen LogP contribution in [0.4, 0.5) is 17.5 Å². The largest absolute Gasteiger partial charge is 0.495 e. The average Bonchev–Trinajstić information content (AvgIpc) is 2.68. The molecule has 2 aromatic carbocycles. The van der Waals surface area contributed by atoms with Crippen LogP contribution in [-0.4, -0.2) is 23.1 Å². The van der Waals surface area contributed by atoms with Crippen molar-refractivity contribution in [2.75, 3.05) is 17.7 Å². The number of hydrogen-bond donors (Lipinski definition) is 2. The molecule has 0 radical (unpaired) electrons. The summed E-state index contributed by atoms with van der Waals surface area (Å²) in [5, 5.41) is 7.27. The molecule has 5 nitrogen and oxygen atoms in total. The molecule has 0 fully saturated rings.